The fraction of sp³-hybridized carbons (Fsp3) is 0.611. The summed E-state index contributed by atoms with van der Waals surface area (Å²) in [6.45, 7) is 4.16. The molecule has 112 valence electrons. The van der Waals surface area contributed by atoms with Gasteiger partial charge in [-0.3, -0.25) is 4.79 Å². The highest BCUT2D eigenvalue weighted by molar-refractivity contribution is 6.31. The average Bonchev–Trinajstić information content (AvgIpc) is 2.44. The van der Waals surface area contributed by atoms with Gasteiger partial charge in [0.05, 0.1) is 0 Å². The first-order valence-corrected chi connectivity index (χ1v) is 8.33. The fourth-order valence-corrected chi connectivity index (χ4v) is 2.64. The van der Waals surface area contributed by atoms with Crippen LogP contribution in [0.3, 0.4) is 0 Å². The zero-order valence-corrected chi connectivity index (χ0v) is 13.6. The normalized spacial score (nSPS) is 10.8. The van der Waals surface area contributed by atoms with E-state index in [2.05, 4.69) is 6.92 Å². The Balaban J connectivity index is 2.19. The van der Waals surface area contributed by atoms with Gasteiger partial charge >= 0.3 is 0 Å². The number of hydrogen-bond acceptors (Lipinski definition) is 1. The van der Waals surface area contributed by atoms with Gasteiger partial charge in [-0.25, -0.2) is 0 Å². The van der Waals surface area contributed by atoms with Gasteiger partial charge in [0.1, 0.15) is 0 Å². The molecule has 1 aromatic rings. The smallest absolute Gasteiger partial charge is 0.163 e. The minimum atomic E-state index is 0.232. The molecule has 0 fully saturated rings. The van der Waals surface area contributed by atoms with Crippen LogP contribution in [0.25, 0.3) is 0 Å². The monoisotopic (exact) mass is 294 g/mol. The van der Waals surface area contributed by atoms with Gasteiger partial charge in [0.15, 0.2) is 5.78 Å². The lowest BCUT2D eigenvalue weighted by molar-refractivity contribution is 0.0978. The lowest BCUT2D eigenvalue weighted by Gasteiger charge is -2.06. The molecule has 0 aromatic heterocycles. The van der Waals surface area contributed by atoms with Crippen molar-refractivity contribution in [2.24, 2.45) is 0 Å². The van der Waals surface area contributed by atoms with E-state index in [0.717, 1.165) is 24.0 Å². The zero-order chi connectivity index (χ0) is 14.8. The van der Waals surface area contributed by atoms with E-state index in [0.29, 0.717) is 11.4 Å². The minimum absolute atomic E-state index is 0.232. The van der Waals surface area contributed by atoms with Gasteiger partial charge in [-0.05, 0) is 25.0 Å². The van der Waals surface area contributed by atoms with E-state index in [9.17, 15) is 4.79 Å². The third-order valence-electron chi connectivity index (χ3n) is 3.83. The van der Waals surface area contributed by atoms with E-state index >= 15 is 0 Å². The molecule has 0 saturated heterocycles. The number of ketones is 1. The van der Waals surface area contributed by atoms with E-state index in [1.54, 1.807) is 0 Å². The molecule has 20 heavy (non-hydrogen) atoms. The van der Waals surface area contributed by atoms with Crippen LogP contribution in [0.2, 0.25) is 5.02 Å². The molecule has 0 saturated carbocycles. The van der Waals surface area contributed by atoms with Crippen LogP contribution in [-0.4, -0.2) is 5.78 Å². The highest BCUT2D eigenvalue weighted by Gasteiger charge is 2.10. The molecule has 0 aliphatic carbocycles. The summed E-state index contributed by atoms with van der Waals surface area (Å²) in [7, 11) is 0. The summed E-state index contributed by atoms with van der Waals surface area (Å²) < 4.78 is 0. The Kier molecular flexibility index (Phi) is 8.60. The molecule has 0 heterocycles. The number of benzene rings is 1. The van der Waals surface area contributed by atoms with Crippen LogP contribution < -0.4 is 0 Å². The van der Waals surface area contributed by atoms with Crippen LogP contribution in [-0.2, 0) is 0 Å². The first-order chi connectivity index (χ1) is 9.66. The predicted octanol–water partition coefficient (Wildman–Crippen LogP) is 6.36. The fourth-order valence-electron chi connectivity index (χ4n) is 2.46. The van der Waals surface area contributed by atoms with Gasteiger partial charge < -0.3 is 0 Å². The van der Waals surface area contributed by atoms with Crippen molar-refractivity contribution < 1.29 is 4.79 Å². The lowest BCUT2D eigenvalue weighted by Crippen LogP contribution is -2.02. The van der Waals surface area contributed by atoms with Crippen LogP contribution >= 0.6 is 11.6 Å². The van der Waals surface area contributed by atoms with Crippen LogP contribution in [0, 0.1) is 6.92 Å². The molecule has 1 rings (SSSR count). The Hall–Kier alpha value is -0.820. The van der Waals surface area contributed by atoms with Gasteiger partial charge in [-0.1, -0.05) is 75.6 Å². The molecule has 0 aliphatic rings. The molecule has 0 amide bonds. The van der Waals surface area contributed by atoms with E-state index in [4.69, 9.17) is 11.6 Å². The molecule has 0 radical (unpaired) electrons. The van der Waals surface area contributed by atoms with Crippen LogP contribution in [0.5, 0.6) is 0 Å². The molecule has 0 spiro atoms. The highest BCUT2D eigenvalue weighted by Crippen LogP contribution is 2.21. The van der Waals surface area contributed by atoms with Crippen molar-refractivity contribution in [2.75, 3.05) is 0 Å². The van der Waals surface area contributed by atoms with Crippen molar-refractivity contribution in [1.82, 2.24) is 0 Å². The van der Waals surface area contributed by atoms with Crippen molar-refractivity contribution in [3.63, 3.8) is 0 Å². The van der Waals surface area contributed by atoms with E-state index < -0.39 is 0 Å². The zero-order valence-electron chi connectivity index (χ0n) is 12.9. The third kappa shape index (κ3) is 6.09. The van der Waals surface area contributed by atoms with Crippen molar-refractivity contribution in [3.05, 3.63) is 34.3 Å². The molecule has 0 bridgehead atoms. The summed E-state index contributed by atoms with van der Waals surface area (Å²) in [5.74, 6) is 0.232. The second-order valence-corrected chi connectivity index (χ2v) is 5.97. The Morgan fingerprint density at radius 2 is 1.60 bits per heavy atom. The summed E-state index contributed by atoms with van der Waals surface area (Å²) >= 11 is 6.05. The quantitative estimate of drug-likeness (QED) is 0.362. The minimum Gasteiger partial charge on any atom is -0.294 e. The number of carbonyl (C=O) groups is 1. The van der Waals surface area contributed by atoms with Crippen LogP contribution in [0.1, 0.15) is 80.6 Å². The number of carbonyl (C=O) groups excluding carboxylic acids is 1. The second-order valence-electron chi connectivity index (χ2n) is 5.56. The standard InChI is InChI=1S/C18H27ClO/c1-3-4-5-6-7-8-9-10-14-18(20)16-12-11-13-17(19)15(16)2/h11-13H,3-10,14H2,1-2H3. The summed E-state index contributed by atoms with van der Waals surface area (Å²) in [5.41, 5.74) is 1.71. The molecule has 0 aliphatic heterocycles. The molecule has 0 unspecified atom stereocenters. The van der Waals surface area contributed by atoms with Crippen molar-refractivity contribution in [3.8, 4) is 0 Å². The maximum Gasteiger partial charge on any atom is 0.163 e. The van der Waals surface area contributed by atoms with E-state index in [1.165, 1.54) is 38.5 Å². The van der Waals surface area contributed by atoms with Gasteiger partial charge in [0.2, 0.25) is 0 Å². The van der Waals surface area contributed by atoms with Crippen molar-refractivity contribution in [2.45, 2.75) is 71.6 Å². The lowest BCUT2D eigenvalue weighted by atomic mass is 9.99. The first kappa shape index (κ1) is 17.2. The highest BCUT2D eigenvalue weighted by atomic mass is 35.5. The van der Waals surface area contributed by atoms with E-state index in [-0.39, 0.29) is 5.78 Å². The topological polar surface area (TPSA) is 17.1 Å². The average molecular weight is 295 g/mol. The Labute approximate surface area is 128 Å². The van der Waals surface area contributed by atoms with E-state index in [1.807, 2.05) is 25.1 Å². The molecule has 1 aromatic carbocycles. The summed E-state index contributed by atoms with van der Waals surface area (Å²) in [4.78, 5) is 12.1. The van der Waals surface area contributed by atoms with Crippen LogP contribution in [0.15, 0.2) is 18.2 Å². The molecular weight excluding hydrogens is 268 g/mol. The Morgan fingerprint density at radius 3 is 2.25 bits per heavy atom. The summed E-state index contributed by atoms with van der Waals surface area (Å²) in [6, 6.07) is 5.58. The Bertz CT molecular complexity index is 412. The molecule has 2 heteroatoms. The van der Waals surface area contributed by atoms with Crippen LogP contribution in [0.4, 0.5) is 0 Å². The van der Waals surface area contributed by atoms with Gasteiger partial charge in [0.25, 0.3) is 0 Å². The number of rotatable bonds is 10. The maximum atomic E-state index is 12.1. The van der Waals surface area contributed by atoms with Gasteiger partial charge in [0, 0.05) is 17.0 Å². The number of unbranched alkanes of at least 4 members (excludes halogenated alkanes) is 7. The SMILES string of the molecule is CCCCCCCCCCC(=O)c1cccc(Cl)c1C. The van der Waals surface area contributed by atoms with Crippen molar-refractivity contribution >= 4 is 17.4 Å². The Morgan fingerprint density at radius 1 is 1.00 bits per heavy atom. The maximum absolute atomic E-state index is 12.1. The second kappa shape index (κ2) is 9.99. The number of Topliss-reactive ketones (excluding diaryl/α,β-unsaturated/α-hetero) is 1. The van der Waals surface area contributed by atoms with Gasteiger partial charge in [-0.2, -0.15) is 0 Å². The predicted molar refractivity (Wildman–Crippen MR) is 87.7 cm³/mol. The molecular formula is C18H27ClO. The van der Waals surface area contributed by atoms with Gasteiger partial charge in [-0.15, -0.1) is 0 Å². The first-order valence-electron chi connectivity index (χ1n) is 7.95. The molecule has 0 atom stereocenters. The third-order valence-corrected chi connectivity index (χ3v) is 4.23. The number of hydrogen-bond donors (Lipinski definition) is 0. The molecule has 0 N–H and O–H groups in total. The summed E-state index contributed by atoms with van der Waals surface area (Å²) in [6.07, 6.45) is 10.7. The largest absolute Gasteiger partial charge is 0.294 e. The summed E-state index contributed by atoms with van der Waals surface area (Å²) in [5, 5.41) is 0.687. The number of halogens is 1. The van der Waals surface area contributed by atoms with Crippen molar-refractivity contribution in [1.29, 1.82) is 0 Å². The molecule has 1 nitrogen and oxygen atoms in total.